The van der Waals surface area contributed by atoms with E-state index < -0.39 is 5.91 Å². The van der Waals surface area contributed by atoms with Crippen LogP contribution in [0, 0.1) is 0 Å². The molecule has 4 aromatic rings. The van der Waals surface area contributed by atoms with Crippen molar-refractivity contribution in [3.05, 3.63) is 72.3 Å². The van der Waals surface area contributed by atoms with E-state index >= 15 is 0 Å². The van der Waals surface area contributed by atoms with Gasteiger partial charge in [-0.05, 0) is 61.4 Å². The molecule has 0 saturated carbocycles. The predicted octanol–water partition coefficient (Wildman–Crippen LogP) is 4.44. The summed E-state index contributed by atoms with van der Waals surface area (Å²) in [4.78, 5) is 43.7. The molecule has 3 amide bonds. The molecule has 0 radical (unpaired) electrons. The zero-order valence-corrected chi connectivity index (χ0v) is 19.7. The van der Waals surface area contributed by atoms with E-state index in [2.05, 4.69) is 20.6 Å². The molecule has 1 heterocycles. The highest BCUT2D eigenvalue weighted by molar-refractivity contribution is 6.04. The Balaban J connectivity index is 1.22. The third-order valence-electron chi connectivity index (χ3n) is 5.76. The van der Waals surface area contributed by atoms with Crippen molar-refractivity contribution < 1.29 is 14.4 Å². The highest BCUT2D eigenvalue weighted by Crippen LogP contribution is 2.24. The van der Waals surface area contributed by atoms with Gasteiger partial charge in [0, 0.05) is 24.1 Å². The number of imidazole rings is 1. The summed E-state index contributed by atoms with van der Waals surface area (Å²) in [5, 5.41) is 5.69. The number of unbranched alkanes of at least 4 members (excludes halogenated alkanes) is 2. The van der Waals surface area contributed by atoms with E-state index in [0.717, 1.165) is 17.5 Å². The van der Waals surface area contributed by atoms with Gasteiger partial charge < -0.3 is 27.1 Å². The molecule has 0 saturated heterocycles. The van der Waals surface area contributed by atoms with Gasteiger partial charge in [-0.2, -0.15) is 0 Å². The van der Waals surface area contributed by atoms with Gasteiger partial charge in [-0.1, -0.05) is 24.6 Å². The molecule has 1 aromatic heterocycles. The lowest BCUT2D eigenvalue weighted by Gasteiger charge is -2.08. The number of aromatic nitrogens is 2. The van der Waals surface area contributed by atoms with Crippen LogP contribution >= 0.6 is 0 Å². The number of nitrogens with one attached hydrogen (secondary N) is 3. The monoisotopic (exact) mass is 484 g/mol. The van der Waals surface area contributed by atoms with Crippen molar-refractivity contribution >= 4 is 45.8 Å². The fraction of sp³-hybridized carbons (Fsp3) is 0.185. The zero-order valence-electron chi connectivity index (χ0n) is 19.7. The van der Waals surface area contributed by atoms with Crippen LogP contribution < -0.4 is 22.1 Å². The summed E-state index contributed by atoms with van der Waals surface area (Å²) >= 11 is 0. The van der Waals surface area contributed by atoms with Crippen LogP contribution in [-0.4, -0.2) is 27.7 Å². The van der Waals surface area contributed by atoms with Gasteiger partial charge in [0.2, 0.25) is 11.8 Å². The first-order chi connectivity index (χ1) is 17.4. The molecule has 0 spiro atoms. The molecular weight excluding hydrogens is 456 g/mol. The quantitative estimate of drug-likeness (QED) is 0.166. The normalized spacial score (nSPS) is 10.8. The Morgan fingerprint density at radius 1 is 0.806 bits per heavy atom. The van der Waals surface area contributed by atoms with Gasteiger partial charge in [-0.25, -0.2) is 4.98 Å². The molecule has 0 bridgehead atoms. The number of nitrogens with zero attached hydrogens (tertiary/aromatic N) is 1. The molecule has 7 N–H and O–H groups in total. The van der Waals surface area contributed by atoms with E-state index in [4.69, 9.17) is 11.5 Å². The van der Waals surface area contributed by atoms with Crippen LogP contribution in [-0.2, 0) is 9.59 Å². The predicted molar refractivity (Wildman–Crippen MR) is 141 cm³/mol. The lowest BCUT2D eigenvalue weighted by atomic mass is 10.1. The minimum absolute atomic E-state index is 0.0842. The highest BCUT2D eigenvalue weighted by atomic mass is 16.2. The van der Waals surface area contributed by atoms with Crippen LogP contribution in [0.4, 0.5) is 17.1 Å². The second-order valence-corrected chi connectivity index (χ2v) is 8.47. The number of H-pyrrole nitrogens is 1. The van der Waals surface area contributed by atoms with Gasteiger partial charge in [-0.3, -0.25) is 14.4 Å². The fourth-order valence-electron chi connectivity index (χ4n) is 3.87. The molecule has 9 heteroatoms. The van der Waals surface area contributed by atoms with Gasteiger partial charge >= 0.3 is 0 Å². The number of fused-ring (bicyclic) bond motifs is 1. The van der Waals surface area contributed by atoms with Crippen LogP contribution in [0.5, 0.6) is 0 Å². The van der Waals surface area contributed by atoms with Crippen LogP contribution in [0.1, 0.15) is 42.5 Å². The Morgan fingerprint density at radius 2 is 1.50 bits per heavy atom. The van der Waals surface area contributed by atoms with Gasteiger partial charge in [-0.15, -0.1) is 0 Å². The van der Waals surface area contributed by atoms with E-state index in [-0.39, 0.29) is 11.8 Å². The van der Waals surface area contributed by atoms with Crippen LogP contribution in [0.2, 0.25) is 0 Å². The Labute approximate surface area is 208 Å². The number of para-hydroxylation sites is 3. The third kappa shape index (κ3) is 6.06. The molecule has 0 atom stereocenters. The number of carbonyl (C=O) groups is 3. The van der Waals surface area contributed by atoms with E-state index in [1.165, 1.54) is 0 Å². The van der Waals surface area contributed by atoms with Gasteiger partial charge in [0.05, 0.1) is 22.5 Å². The number of carbonyl (C=O) groups excluding carboxylic acids is 3. The summed E-state index contributed by atoms with van der Waals surface area (Å²) in [7, 11) is 0. The molecule has 0 fully saturated rings. The average Bonchev–Trinajstić information content (AvgIpc) is 3.30. The highest BCUT2D eigenvalue weighted by Gasteiger charge is 2.12. The number of hydrogen-bond acceptors (Lipinski definition) is 5. The van der Waals surface area contributed by atoms with Crippen LogP contribution in [0.15, 0.2) is 66.7 Å². The SMILES string of the molecule is NC(=O)c1cccc2[nH]c(-c3ccc(NC(=O)CCCCCC(=O)Nc4ccccc4N)cc3)nc12. The molecule has 3 aromatic carbocycles. The standard InChI is InChI=1S/C27H28N6O3/c28-20-8-4-5-9-21(20)31-24(35)12-3-1-2-11-23(34)30-18-15-13-17(14-16-18)27-32-22-10-6-7-19(26(29)36)25(22)33-27/h4-10,13-16H,1-3,11-12,28H2,(H2,29,36)(H,30,34)(H,31,35)(H,32,33). The second kappa shape index (κ2) is 11.2. The van der Waals surface area contributed by atoms with Crippen molar-refractivity contribution in [1.29, 1.82) is 0 Å². The zero-order chi connectivity index (χ0) is 25.5. The molecule has 4 rings (SSSR count). The van der Waals surface area contributed by atoms with Crippen LogP contribution in [0.25, 0.3) is 22.4 Å². The molecule has 0 aliphatic heterocycles. The maximum absolute atomic E-state index is 12.3. The van der Waals surface area contributed by atoms with E-state index in [1.54, 1.807) is 36.4 Å². The van der Waals surface area contributed by atoms with Crippen molar-refractivity contribution in [3.63, 3.8) is 0 Å². The Morgan fingerprint density at radius 3 is 2.19 bits per heavy atom. The van der Waals surface area contributed by atoms with Gasteiger partial charge in [0.25, 0.3) is 5.91 Å². The number of primary amides is 1. The topological polar surface area (TPSA) is 156 Å². The van der Waals surface area contributed by atoms with Crippen molar-refractivity contribution in [2.24, 2.45) is 5.73 Å². The number of benzene rings is 3. The Kier molecular flexibility index (Phi) is 7.60. The molecular formula is C27H28N6O3. The number of nitrogens with two attached hydrogens (primary N) is 2. The summed E-state index contributed by atoms with van der Waals surface area (Å²) in [5.74, 6) is -0.0975. The van der Waals surface area contributed by atoms with E-state index in [0.29, 0.717) is 59.7 Å². The first-order valence-corrected chi connectivity index (χ1v) is 11.7. The number of hydrogen-bond donors (Lipinski definition) is 5. The maximum Gasteiger partial charge on any atom is 0.250 e. The Bertz CT molecular complexity index is 1390. The molecule has 184 valence electrons. The van der Waals surface area contributed by atoms with Crippen molar-refractivity contribution in [1.82, 2.24) is 9.97 Å². The fourth-order valence-corrected chi connectivity index (χ4v) is 3.87. The van der Waals surface area contributed by atoms with Crippen LogP contribution in [0.3, 0.4) is 0 Å². The largest absolute Gasteiger partial charge is 0.397 e. The lowest BCUT2D eigenvalue weighted by Crippen LogP contribution is -2.13. The molecule has 0 aliphatic carbocycles. The summed E-state index contributed by atoms with van der Waals surface area (Å²) in [6.07, 6.45) is 2.89. The summed E-state index contributed by atoms with van der Waals surface area (Å²) in [5.41, 5.74) is 15.5. The summed E-state index contributed by atoms with van der Waals surface area (Å²) < 4.78 is 0. The molecule has 36 heavy (non-hydrogen) atoms. The maximum atomic E-state index is 12.3. The molecule has 0 unspecified atom stereocenters. The first-order valence-electron chi connectivity index (χ1n) is 11.7. The molecule has 9 nitrogen and oxygen atoms in total. The minimum Gasteiger partial charge on any atom is -0.397 e. The van der Waals surface area contributed by atoms with Gasteiger partial charge in [0.15, 0.2) is 0 Å². The molecule has 0 aliphatic rings. The summed E-state index contributed by atoms with van der Waals surface area (Å²) in [6.45, 7) is 0. The van der Waals surface area contributed by atoms with E-state index in [1.807, 2.05) is 30.3 Å². The van der Waals surface area contributed by atoms with Crippen molar-refractivity contribution in [2.45, 2.75) is 32.1 Å². The van der Waals surface area contributed by atoms with Crippen molar-refractivity contribution in [2.75, 3.05) is 16.4 Å². The number of aromatic amines is 1. The number of amides is 3. The minimum atomic E-state index is -0.530. The average molecular weight is 485 g/mol. The Hall–Kier alpha value is -4.66. The number of anilines is 3. The second-order valence-electron chi connectivity index (χ2n) is 8.47. The number of rotatable bonds is 10. The third-order valence-corrected chi connectivity index (χ3v) is 5.76. The summed E-state index contributed by atoms with van der Waals surface area (Å²) in [6, 6.07) is 19.6. The number of nitrogen functional groups attached to an aromatic ring is 1. The first kappa shape index (κ1) is 24.5. The lowest BCUT2D eigenvalue weighted by molar-refractivity contribution is -0.116. The van der Waals surface area contributed by atoms with Crippen molar-refractivity contribution in [3.8, 4) is 11.4 Å². The van der Waals surface area contributed by atoms with E-state index in [9.17, 15) is 14.4 Å². The smallest absolute Gasteiger partial charge is 0.250 e. The van der Waals surface area contributed by atoms with Gasteiger partial charge in [0.1, 0.15) is 11.3 Å².